The SMILES string of the molecule is COc1cc(/N=C/c2c(F)cc(OC)cc2F)cc(OC)c1. The van der Waals surface area contributed by atoms with Gasteiger partial charge in [-0.1, -0.05) is 0 Å². The van der Waals surface area contributed by atoms with Gasteiger partial charge >= 0.3 is 0 Å². The van der Waals surface area contributed by atoms with Gasteiger partial charge in [-0.3, -0.25) is 4.99 Å². The van der Waals surface area contributed by atoms with Crippen LogP contribution in [0, 0.1) is 11.6 Å². The van der Waals surface area contributed by atoms with Crippen molar-refractivity contribution < 1.29 is 23.0 Å². The number of ether oxygens (including phenoxy) is 3. The Morgan fingerprint density at radius 2 is 1.23 bits per heavy atom. The molecule has 0 fully saturated rings. The van der Waals surface area contributed by atoms with Gasteiger partial charge in [-0.15, -0.1) is 0 Å². The standard InChI is InChI=1S/C16H15F2NO3/c1-20-11-4-10(5-12(6-11)21-2)19-9-14-15(17)7-13(22-3)8-16(14)18/h4-9H,1-3H3/b19-9+. The minimum absolute atomic E-state index is 0.107. The number of hydrogen-bond donors (Lipinski definition) is 0. The van der Waals surface area contributed by atoms with E-state index in [0.29, 0.717) is 17.2 Å². The number of nitrogens with zero attached hydrogens (tertiary/aromatic N) is 1. The van der Waals surface area contributed by atoms with Gasteiger partial charge in [0.25, 0.3) is 0 Å². The number of methoxy groups -OCH3 is 3. The Balaban J connectivity index is 2.36. The van der Waals surface area contributed by atoms with Crippen LogP contribution in [-0.2, 0) is 0 Å². The average molecular weight is 307 g/mol. The number of benzene rings is 2. The maximum absolute atomic E-state index is 13.8. The summed E-state index contributed by atoms with van der Waals surface area (Å²) >= 11 is 0. The number of halogens is 2. The van der Waals surface area contributed by atoms with Crippen LogP contribution in [0.2, 0.25) is 0 Å². The summed E-state index contributed by atoms with van der Waals surface area (Å²) in [6.07, 6.45) is 1.11. The topological polar surface area (TPSA) is 40.0 Å². The predicted octanol–water partition coefficient (Wildman–Crippen LogP) is 3.74. The maximum Gasteiger partial charge on any atom is 0.138 e. The first kappa shape index (κ1) is 15.8. The molecule has 0 saturated heterocycles. The summed E-state index contributed by atoms with van der Waals surface area (Å²) in [5, 5.41) is 0. The van der Waals surface area contributed by atoms with E-state index in [1.54, 1.807) is 18.2 Å². The van der Waals surface area contributed by atoms with Crippen LogP contribution < -0.4 is 14.2 Å². The van der Waals surface area contributed by atoms with Crippen molar-refractivity contribution in [3.05, 3.63) is 47.5 Å². The molecule has 0 saturated carbocycles. The molecule has 0 aliphatic rings. The molecule has 0 amide bonds. The van der Waals surface area contributed by atoms with Gasteiger partial charge in [0.2, 0.25) is 0 Å². The van der Waals surface area contributed by atoms with Gasteiger partial charge < -0.3 is 14.2 Å². The van der Waals surface area contributed by atoms with E-state index in [-0.39, 0.29) is 11.3 Å². The smallest absolute Gasteiger partial charge is 0.138 e. The predicted molar refractivity (Wildman–Crippen MR) is 79.7 cm³/mol. The molecule has 2 rings (SSSR count). The van der Waals surface area contributed by atoms with Crippen molar-refractivity contribution in [2.45, 2.75) is 0 Å². The zero-order chi connectivity index (χ0) is 16.1. The maximum atomic E-state index is 13.8. The molecule has 22 heavy (non-hydrogen) atoms. The zero-order valence-electron chi connectivity index (χ0n) is 12.4. The lowest BCUT2D eigenvalue weighted by Gasteiger charge is -2.06. The van der Waals surface area contributed by atoms with E-state index in [2.05, 4.69) is 4.99 Å². The van der Waals surface area contributed by atoms with Crippen LogP contribution in [0.25, 0.3) is 0 Å². The largest absolute Gasteiger partial charge is 0.497 e. The van der Waals surface area contributed by atoms with Crippen molar-refractivity contribution in [3.8, 4) is 17.2 Å². The fraction of sp³-hybridized carbons (Fsp3) is 0.188. The lowest BCUT2D eigenvalue weighted by atomic mass is 10.2. The van der Waals surface area contributed by atoms with Gasteiger partial charge in [0.05, 0.1) is 32.6 Å². The van der Waals surface area contributed by atoms with Crippen LogP contribution in [0.15, 0.2) is 35.3 Å². The van der Waals surface area contributed by atoms with Crippen molar-refractivity contribution in [2.75, 3.05) is 21.3 Å². The van der Waals surface area contributed by atoms with Gasteiger partial charge in [-0.25, -0.2) is 8.78 Å². The van der Waals surface area contributed by atoms with Crippen molar-refractivity contribution in [3.63, 3.8) is 0 Å². The molecule has 4 nitrogen and oxygen atoms in total. The second kappa shape index (κ2) is 6.89. The first-order valence-electron chi connectivity index (χ1n) is 6.37. The van der Waals surface area contributed by atoms with E-state index in [0.717, 1.165) is 18.3 Å². The Bertz CT molecular complexity index is 657. The average Bonchev–Trinajstić information content (AvgIpc) is 2.53. The quantitative estimate of drug-likeness (QED) is 0.790. The van der Waals surface area contributed by atoms with Crippen molar-refractivity contribution in [1.82, 2.24) is 0 Å². The molecule has 0 aliphatic carbocycles. The highest BCUT2D eigenvalue weighted by atomic mass is 19.1. The summed E-state index contributed by atoms with van der Waals surface area (Å²) in [5.41, 5.74) is 0.202. The van der Waals surface area contributed by atoms with Crippen LogP contribution in [-0.4, -0.2) is 27.5 Å². The van der Waals surface area contributed by atoms with Gasteiger partial charge in [0.1, 0.15) is 28.9 Å². The summed E-state index contributed by atoms with van der Waals surface area (Å²) in [4.78, 5) is 4.07. The van der Waals surface area contributed by atoms with E-state index < -0.39 is 11.6 Å². The Morgan fingerprint density at radius 3 is 1.68 bits per heavy atom. The highest BCUT2D eigenvalue weighted by Gasteiger charge is 2.10. The van der Waals surface area contributed by atoms with Crippen LogP contribution >= 0.6 is 0 Å². The molecule has 0 heterocycles. The molecule has 0 unspecified atom stereocenters. The lowest BCUT2D eigenvalue weighted by molar-refractivity contribution is 0.394. The van der Waals surface area contributed by atoms with E-state index in [9.17, 15) is 8.78 Å². The Morgan fingerprint density at radius 1 is 0.773 bits per heavy atom. The Hall–Kier alpha value is -2.63. The second-order valence-corrected chi connectivity index (χ2v) is 4.33. The highest BCUT2D eigenvalue weighted by Crippen LogP contribution is 2.28. The summed E-state index contributed by atoms with van der Waals surface area (Å²) in [5.74, 6) is -0.342. The molecule has 2 aromatic rings. The first-order valence-corrected chi connectivity index (χ1v) is 6.37. The van der Waals surface area contributed by atoms with Crippen LogP contribution in [0.3, 0.4) is 0 Å². The highest BCUT2D eigenvalue weighted by molar-refractivity contribution is 5.83. The van der Waals surface area contributed by atoms with Crippen molar-refractivity contribution in [1.29, 1.82) is 0 Å². The molecular formula is C16H15F2NO3. The summed E-state index contributed by atoms with van der Waals surface area (Å²) in [6.45, 7) is 0. The third-order valence-electron chi connectivity index (χ3n) is 2.97. The number of rotatable bonds is 5. The lowest BCUT2D eigenvalue weighted by Crippen LogP contribution is -1.96. The van der Waals surface area contributed by atoms with E-state index in [1.165, 1.54) is 21.3 Å². The molecule has 0 bridgehead atoms. The molecule has 6 heteroatoms. The number of hydrogen-bond acceptors (Lipinski definition) is 4. The van der Waals surface area contributed by atoms with E-state index in [4.69, 9.17) is 14.2 Å². The van der Waals surface area contributed by atoms with E-state index in [1.807, 2.05) is 0 Å². The fourth-order valence-electron chi connectivity index (χ4n) is 1.81. The van der Waals surface area contributed by atoms with Gasteiger partial charge in [0.15, 0.2) is 0 Å². The minimum atomic E-state index is -0.754. The molecule has 0 atom stereocenters. The van der Waals surface area contributed by atoms with Gasteiger partial charge in [-0.2, -0.15) is 0 Å². The third-order valence-corrected chi connectivity index (χ3v) is 2.97. The summed E-state index contributed by atoms with van der Waals surface area (Å²) in [7, 11) is 4.35. The van der Waals surface area contributed by atoms with Gasteiger partial charge in [0, 0.05) is 36.5 Å². The second-order valence-electron chi connectivity index (χ2n) is 4.33. The summed E-state index contributed by atoms with van der Waals surface area (Å²) < 4.78 is 42.7. The molecule has 2 aromatic carbocycles. The van der Waals surface area contributed by atoms with Gasteiger partial charge in [-0.05, 0) is 0 Å². The molecule has 0 spiro atoms. The van der Waals surface area contributed by atoms with Crippen LogP contribution in [0.5, 0.6) is 17.2 Å². The molecular weight excluding hydrogens is 292 g/mol. The van der Waals surface area contributed by atoms with Crippen molar-refractivity contribution >= 4 is 11.9 Å². The normalized spacial score (nSPS) is 10.8. The molecule has 0 aromatic heterocycles. The van der Waals surface area contributed by atoms with Crippen LogP contribution in [0.4, 0.5) is 14.5 Å². The first-order chi connectivity index (χ1) is 10.6. The number of aliphatic imine (C=N–C) groups is 1. The zero-order valence-corrected chi connectivity index (χ0v) is 12.4. The molecule has 116 valence electrons. The Kier molecular flexibility index (Phi) is 4.93. The molecule has 0 aliphatic heterocycles. The Labute approximate surface area is 127 Å². The minimum Gasteiger partial charge on any atom is -0.497 e. The summed E-state index contributed by atoms with van der Waals surface area (Å²) in [6, 6.07) is 7.11. The monoisotopic (exact) mass is 307 g/mol. The van der Waals surface area contributed by atoms with Crippen LogP contribution in [0.1, 0.15) is 5.56 Å². The van der Waals surface area contributed by atoms with Crippen molar-refractivity contribution in [2.24, 2.45) is 4.99 Å². The fourth-order valence-corrected chi connectivity index (χ4v) is 1.81. The van der Waals surface area contributed by atoms with E-state index >= 15 is 0 Å². The molecule has 0 N–H and O–H groups in total. The third kappa shape index (κ3) is 3.52. The molecule has 0 radical (unpaired) electrons.